The largest absolute Gasteiger partial charge is 0.494 e. The zero-order chi connectivity index (χ0) is 18.9. The van der Waals surface area contributed by atoms with Crippen LogP contribution in [-0.4, -0.2) is 37.1 Å². The molecule has 2 aromatic rings. The molecule has 1 fully saturated rings. The first-order valence-electron chi connectivity index (χ1n) is 9.66. The zero-order valence-corrected chi connectivity index (χ0v) is 15.9. The molecule has 5 nitrogen and oxygen atoms in total. The lowest BCUT2D eigenvalue weighted by Gasteiger charge is -2.17. The Morgan fingerprint density at radius 2 is 1.59 bits per heavy atom. The Morgan fingerprint density at radius 3 is 2.26 bits per heavy atom. The first-order chi connectivity index (χ1) is 13.2. The lowest BCUT2D eigenvalue weighted by molar-refractivity contribution is -0.123. The SMILES string of the molecule is CCOc1ccc(OCC(=O)NCc2ccccc2CN2CCCC2)cc1. The summed E-state index contributed by atoms with van der Waals surface area (Å²) in [6, 6.07) is 15.6. The Morgan fingerprint density at radius 1 is 0.963 bits per heavy atom. The molecule has 0 unspecified atom stereocenters. The van der Waals surface area contributed by atoms with Crippen molar-refractivity contribution in [1.29, 1.82) is 0 Å². The van der Waals surface area contributed by atoms with Crippen molar-refractivity contribution in [3.05, 3.63) is 59.7 Å². The number of nitrogens with one attached hydrogen (secondary N) is 1. The van der Waals surface area contributed by atoms with Gasteiger partial charge in [-0.15, -0.1) is 0 Å². The van der Waals surface area contributed by atoms with E-state index in [2.05, 4.69) is 28.4 Å². The number of nitrogens with zero attached hydrogens (tertiary/aromatic N) is 1. The maximum Gasteiger partial charge on any atom is 0.258 e. The van der Waals surface area contributed by atoms with E-state index >= 15 is 0 Å². The summed E-state index contributed by atoms with van der Waals surface area (Å²) in [5.74, 6) is 1.33. The van der Waals surface area contributed by atoms with Gasteiger partial charge in [-0.1, -0.05) is 24.3 Å². The summed E-state index contributed by atoms with van der Waals surface area (Å²) < 4.78 is 10.9. The molecule has 1 saturated heterocycles. The molecule has 0 radical (unpaired) electrons. The highest BCUT2D eigenvalue weighted by atomic mass is 16.5. The quantitative estimate of drug-likeness (QED) is 0.737. The maximum atomic E-state index is 12.1. The lowest BCUT2D eigenvalue weighted by Crippen LogP contribution is -2.29. The zero-order valence-electron chi connectivity index (χ0n) is 15.9. The molecule has 0 atom stereocenters. The normalized spacial score (nSPS) is 14.1. The van der Waals surface area contributed by atoms with Crippen molar-refractivity contribution in [2.24, 2.45) is 0 Å². The highest BCUT2D eigenvalue weighted by molar-refractivity contribution is 5.77. The van der Waals surface area contributed by atoms with Gasteiger partial charge in [0.05, 0.1) is 6.61 Å². The highest BCUT2D eigenvalue weighted by Gasteiger charge is 2.14. The van der Waals surface area contributed by atoms with Crippen molar-refractivity contribution in [1.82, 2.24) is 10.2 Å². The molecular weight excluding hydrogens is 340 g/mol. The third kappa shape index (κ3) is 6.00. The van der Waals surface area contributed by atoms with Crippen LogP contribution in [0.25, 0.3) is 0 Å². The van der Waals surface area contributed by atoms with E-state index in [1.807, 2.05) is 37.3 Å². The third-order valence-corrected chi connectivity index (χ3v) is 4.69. The van der Waals surface area contributed by atoms with Crippen LogP contribution in [0.4, 0.5) is 0 Å². The predicted molar refractivity (Wildman–Crippen MR) is 106 cm³/mol. The molecule has 1 heterocycles. The van der Waals surface area contributed by atoms with Crippen LogP contribution in [0.3, 0.4) is 0 Å². The Bertz CT molecular complexity index is 725. The van der Waals surface area contributed by atoms with Gasteiger partial charge >= 0.3 is 0 Å². The van der Waals surface area contributed by atoms with Crippen molar-refractivity contribution in [2.45, 2.75) is 32.9 Å². The highest BCUT2D eigenvalue weighted by Crippen LogP contribution is 2.18. The van der Waals surface area contributed by atoms with Gasteiger partial charge in [0, 0.05) is 13.1 Å². The van der Waals surface area contributed by atoms with Crippen LogP contribution in [0, 0.1) is 0 Å². The van der Waals surface area contributed by atoms with Gasteiger partial charge in [0.15, 0.2) is 6.61 Å². The molecule has 2 aromatic carbocycles. The van der Waals surface area contributed by atoms with Crippen LogP contribution >= 0.6 is 0 Å². The van der Waals surface area contributed by atoms with Gasteiger partial charge in [-0.2, -0.15) is 0 Å². The van der Waals surface area contributed by atoms with Crippen molar-refractivity contribution in [3.8, 4) is 11.5 Å². The number of amides is 1. The molecule has 5 heteroatoms. The standard InChI is InChI=1S/C22H28N2O3/c1-2-26-20-9-11-21(12-10-20)27-17-22(25)23-15-18-7-3-4-8-19(18)16-24-13-5-6-14-24/h3-4,7-12H,2,5-6,13-17H2,1H3,(H,23,25). The van der Waals surface area contributed by atoms with Crippen LogP contribution in [0.5, 0.6) is 11.5 Å². The Balaban J connectivity index is 1.46. The van der Waals surface area contributed by atoms with E-state index < -0.39 is 0 Å². The van der Waals surface area contributed by atoms with Crippen molar-refractivity contribution in [3.63, 3.8) is 0 Å². The number of carbonyl (C=O) groups excluding carboxylic acids is 1. The molecule has 1 amide bonds. The summed E-state index contributed by atoms with van der Waals surface area (Å²) in [6.45, 7) is 6.37. The number of hydrogen-bond acceptors (Lipinski definition) is 4. The second-order valence-corrected chi connectivity index (χ2v) is 6.72. The van der Waals surface area contributed by atoms with Gasteiger partial charge in [-0.05, 0) is 68.2 Å². The summed E-state index contributed by atoms with van der Waals surface area (Å²) in [4.78, 5) is 14.6. The van der Waals surface area contributed by atoms with E-state index in [-0.39, 0.29) is 12.5 Å². The summed E-state index contributed by atoms with van der Waals surface area (Å²) in [6.07, 6.45) is 2.56. The molecule has 3 rings (SSSR count). The average Bonchev–Trinajstić information content (AvgIpc) is 3.20. The number of rotatable bonds is 9. The van der Waals surface area contributed by atoms with Gasteiger partial charge in [0.25, 0.3) is 5.91 Å². The number of ether oxygens (including phenoxy) is 2. The smallest absolute Gasteiger partial charge is 0.258 e. The molecule has 0 spiro atoms. The Hall–Kier alpha value is -2.53. The first-order valence-corrected chi connectivity index (χ1v) is 9.66. The minimum Gasteiger partial charge on any atom is -0.494 e. The van der Waals surface area contributed by atoms with Gasteiger partial charge in [0.1, 0.15) is 11.5 Å². The van der Waals surface area contributed by atoms with E-state index in [0.29, 0.717) is 18.9 Å². The summed E-state index contributed by atoms with van der Waals surface area (Å²) >= 11 is 0. The molecule has 0 aromatic heterocycles. The predicted octanol–water partition coefficient (Wildman–Crippen LogP) is 3.38. The lowest BCUT2D eigenvalue weighted by atomic mass is 10.1. The minimum absolute atomic E-state index is 0.00226. The van der Waals surface area contributed by atoms with E-state index in [0.717, 1.165) is 25.4 Å². The van der Waals surface area contributed by atoms with Crippen molar-refractivity contribution in [2.75, 3.05) is 26.3 Å². The van der Waals surface area contributed by atoms with E-state index in [1.54, 1.807) is 0 Å². The van der Waals surface area contributed by atoms with Gasteiger partial charge in [-0.3, -0.25) is 9.69 Å². The molecule has 1 N–H and O–H groups in total. The van der Waals surface area contributed by atoms with Gasteiger partial charge in [0.2, 0.25) is 0 Å². The van der Waals surface area contributed by atoms with Crippen LogP contribution < -0.4 is 14.8 Å². The van der Waals surface area contributed by atoms with E-state index in [1.165, 1.54) is 24.0 Å². The Labute approximate surface area is 161 Å². The topological polar surface area (TPSA) is 50.8 Å². The van der Waals surface area contributed by atoms with Crippen LogP contribution in [0.15, 0.2) is 48.5 Å². The molecule has 0 saturated carbocycles. The average molecular weight is 368 g/mol. The van der Waals surface area contributed by atoms with Crippen LogP contribution in [-0.2, 0) is 17.9 Å². The molecule has 27 heavy (non-hydrogen) atoms. The maximum absolute atomic E-state index is 12.1. The van der Waals surface area contributed by atoms with Gasteiger partial charge in [-0.25, -0.2) is 0 Å². The molecule has 0 aliphatic carbocycles. The second-order valence-electron chi connectivity index (χ2n) is 6.72. The molecule has 144 valence electrons. The molecular formula is C22H28N2O3. The summed E-state index contributed by atoms with van der Waals surface area (Å²) in [5.41, 5.74) is 2.45. The minimum atomic E-state index is -0.125. The number of likely N-dealkylation sites (tertiary alicyclic amines) is 1. The van der Waals surface area contributed by atoms with Crippen LogP contribution in [0.1, 0.15) is 30.9 Å². The molecule has 0 bridgehead atoms. The fourth-order valence-corrected chi connectivity index (χ4v) is 3.26. The molecule has 1 aliphatic heterocycles. The van der Waals surface area contributed by atoms with Crippen LogP contribution in [0.2, 0.25) is 0 Å². The number of carbonyl (C=O) groups is 1. The number of hydrogen-bond donors (Lipinski definition) is 1. The van der Waals surface area contributed by atoms with Crippen molar-refractivity contribution < 1.29 is 14.3 Å². The fourth-order valence-electron chi connectivity index (χ4n) is 3.26. The monoisotopic (exact) mass is 368 g/mol. The molecule has 1 aliphatic rings. The van der Waals surface area contributed by atoms with Gasteiger partial charge < -0.3 is 14.8 Å². The van der Waals surface area contributed by atoms with Crippen molar-refractivity contribution >= 4 is 5.91 Å². The first kappa shape index (κ1) is 19.2. The van der Waals surface area contributed by atoms with E-state index in [9.17, 15) is 4.79 Å². The third-order valence-electron chi connectivity index (χ3n) is 4.69. The Kier molecular flexibility index (Phi) is 7.11. The van der Waals surface area contributed by atoms with E-state index in [4.69, 9.17) is 9.47 Å². The fraction of sp³-hybridized carbons (Fsp3) is 0.409. The summed E-state index contributed by atoms with van der Waals surface area (Å²) in [5, 5.41) is 2.96. The number of benzene rings is 2. The second kappa shape index (κ2) is 9.97. The summed E-state index contributed by atoms with van der Waals surface area (Å²) in [7, 11) is 0.